The molecule has 1 amide bonds. The topological polar surface area (TPSA) is 40.6 Å². The third kappa shape index (κ3) is 2.82. The molecule has 0 N–H and O–H groups in total. The average molecular weight is 367 g/mol. The fraction of sp³-hybridized carbons (Fsp3) is 0.333. The van der Waals surface area contributed by atoms with E-state index in [0.717, 1.165) is 20.2 Å². The lowest BCUT2D eigenvalue weighted by atomic mass is 10.2. The Hall–Kier alpha value is -1.40. The third-order valence-electron chi connectivity index (χ3n) is 3.78. The molecule has 0 atom stereocenters. The second-order valence-corrected chi connectivity index (χ2v) is 6.91. The van der Waals surface area contributed by atoms with Gasteiger partial charge in [0.25, 0.3) is 0 Å². The second-order valence-electron chi connectivity index (χ2n) is 5.08. The maximum absolute atomic E-state index is 12.7. The number of piperazine rings is 1. The lowest BCUT2D eigenvalue weighted by Crippen LogP contribution is -2.49. The minimum atomic E-state index is 0.0707. The molecule has 1 aromatic carbocycles. The molecule has 0 bridgehead atoms. The van der Waals surface area contributed by atoms with Crippen LogP contribution in [0.25, 0.3) is 10.1 Å². The Labute approximate surface area is 135 Å². The number of halogens is 1. The standard InChI is InChI=1S/C15H15BrN2O2S/c1-10(19)17-4-6-18(7-5-17)13-9-21-14-3-2-11(16)8-12(14)15(13)20/h2-3,8-9H,4-7H2,1H3. The van der Waals surface area contributed by atoms with Crippen LogP contribution in [0.5, 0.6) is 0 Å². The predicted octanol–water partition coefficient (Wildman–Crippen LogP) is 2.69. The monoisotopic (exact) mass is 366 g/mol. The molecule has 0 radical (unpaired) electrons. The molecule has 1 fully saturated rings. The quantitative estimate of drug-likeness (QED) is 0.778. The van der Waals surface area contributed by atoms with Gasteiger partial charge in [-0.15, -0.1) is 11.3 Å². The Morgan fingerprint density at radius 2 is 1.95 bits per heavy atom. The van der Waals surface area contributed by atoms with Crippen LogP contribution in [0.15, 0.2) is 32.8 Å². The van der Waals surface area contributed by atoms with Crippen molar-refractivity contribution >= 4 is 48.9 Å². The summed E-state index contributed by atoms with van der Waals surface area (Å²) in [6.07, 6.45) is 0. The highest BCUT2D eigenvalue weighted by Gasteiger charge is 2.21. The van der Waals surface area contributed by atoms with E-state index in [-0.39, 0.29) is 11.3 Å². The molecule has 6 heteroatoms. The Bertz CT molecular complexity index is 751. The predicted molar refractivity (Wildman–Crippen MR) is 90.3 cm³/mol. The van der Waals surface area contributed by atoms with Crippen LogP contribution in [0.4, 0.5) is 5.69 Å². The summed E-state index contributed by atoms with van der Waals surface area (Å²) in [5.74, 6) is 0.0993. The van der Waals surface area contributed by atoms with E-state index in [2.05, 4.69) is 20.8 Å². The van der Waals surface area contributed by atoms with Crippen LogP contribution in [0.3, 0.4) is 0 Å². The highest BCUT2D eigenvalue weighted by Crippen LogP contribution is 2.24. The van der Waals surface area contributed by atoms with Crippen molar-refractivity contribution in [3.05, 3.63) is 38.3 Å². The molecule has 2 aromatic rings. The van der Waals surface area contributed by atoms with Crippen molar-refractivity contribution in [3.8, 4) is 0 Å². The zero-order valence-electron chi connectivity index (χ0n) is 11.6. The van der Waals surface area contributed by atoms with Crippen molar-refractivity contribution in [3.63, 3.8) is 0 Å². The number of carbonyl (C=O) groups excluding carboxylic acids is 1. The summed E-state index contributed by atoms with van der Waals surface area (Å²) in [5, 5.41) is 2.68. The summed E-state index contributed by atoms with van der Waals surface area (Å²) in [6.45, 7) is 4.36. The van der Waals surface area contributed by atoms with Crippen molar-refractivity contribution in [2.45, 2.75) is 6.92 Å². The van der Waals surface area contributed by atoms with Gasteiger partial charge in [0, 0.05) is 53.0 Å². The van der Waals surface area contributed by atoms with Gasteiger partial charge >= 0.3 is 0 Å². The van der Waals surface area contributed by atoms with Gasteiger partial charge in [-0.25, -0.2) is 0 Å². The summed E-state index contributed by atoms with van der Waals surface area (Å²) < 4.78 is 1.91. The molecule has 1 aromatic heterocycles. The molecule has 0 aliphatic carbocycles. The van der Waals surface area contributed by atoms with E-state index in [1.54, 1.807) is 18.3 Å². The lowest BCUT2D eigenvalue weighted by Gasteiger charge is -2.35. The zero-order chi connectivity index (χ0) is 15.0. The number of hydrogen-bond donors (Lipinski definition) is 0. The van der Waals surface area contributed by atoms with Crippen LogP contribution in [-0.2, 0) is 4.79 Å². The second kappa shape index (κ2) is 5.77. The lowest BCUT2D eigenvalue weighted by molar-refractivity contribution is -0.129. The highest BCUT2D eigenvalue weighted by atomic mass is 79.9. The van der Waals surface area contributed by atoms with Crippen LogP contribution in [0, 0.1) is 0 Å². The van der Waals surface area contributed by atoms with Crippen LogP contribution >= 0.6 is 27.3 Å². The molecule has 2 heterocycles. The largest absolute Gasteiger partial charge is 0.364 e. The molecule has 110 valence electrons. The van der Waals surface area contributed by atoms with Gasteiger partial charge in [-0.3, -0.25) is 9.59 Å². The molecule has 1 aliphatic heterocycles. The van der Waals surface area contributed by atoms with Crippen molar-refractivity contribution in [2.75, 3.05) is 31.1 Å². The summed E-state index contributed by atoms with van der Waals surface area (Å²) in [7, 11) is 0. The summed E-state index contributed by atoms with van der Waals surface area (Å²) in [6, 6.07) is 5.79. The number of benzene rings is 1. The van der Waals surface area contributed by atoms with E-state index in [9.17, 15) is 9.59 Å². The van der Waals surface area contributed by atoms with E-state index in [0.29, 0.717) is 26.2 Å². The first kappa shape index (κ1) is 14.5. The minimum absolute atomic E-state index is 0.0707. The Morgan fingerprint density at radius 3 is 2.62 bits per heavy atom. The number of nitrogens with zero attached hydrogens (tertiary/aromatic N) is 2. The Kier molecular flexibility index (Phi) is 3.99. The van der Waals surface area contributed by atoms with Crippen LogP contribution < -0.4 is 10.3 Å². The molecule has 1 saturated heterocycles. The summed E-state index contributed by atoms with van der Waals surface area (Å²) >= 11 is 5.00. The van der Waals surface area contributed by atoms with Gasteiger partial charge in [-0.05, 0) is 18.2 Å². The fourth-order valence-electron chi connectivity index (χ4n) is 2.57. The molecule has 0 unspecified atom stereocenters. The fourth-order valence-corrected chi connectivity index (χ4v) is 3.85. The van der Waals surface area contributed by atoms with Crippen molar-refractivity contribution in [1.82, 2.24) is 4.90 Å². The maximum Gasteiger partial charge on any atom is 0.219 e. The average Bonchev–Trinajstić information content (AvgIpc) is 2.48. The first-order valence-corrected chi connectivity index (χ1v) is 8.45. The third-order valence-corrected chi connectivity index (χ3v) is 5.23. The van der Waals surface area contributed by atoms with E-state index >= 15 is 0 Å². The maximum atomic E-state index is 12.7. The zero-order valence-corrected chi connectivity index (χ0v) is 14.0. The van der Waals surface area contributed by atoms with E-state index in [1.165, 1.54) is 0 Å². The molecule has 0 spiro atoms. The number of carbonyl (C=O) groups is 1. The number of amides is 1. The van der Waals surface area contributed by atoms with Gasteiger partial charge in [0.15, 0.2) is 0 Å². The molecule has 21 heavy (non-hydrogen) atoms. The van der Waals surface area contributed by atoms with Crippen LogP contribution in [0.2, 0.25) is 0 Å². The smallest absolute Gasteiger partial charge is 0.219 e. The molecule has 3 rings (SSSR count). The van der Waals surface area contributed by atoms with Crippen LogP contribution in [0.1, 0.15) is 6.92 Å². The first-order valence-electron chi connectivity index (χ1n) is 6.78. The Balaban J connectivity index is 1.93. The number of hydrogen-bond acceptors (Lipinski definition) is 4. The number of fused-ring (bicyclic) bond motifs is 1. The van der Waals surface area contributed by atoms with Crippen molar-refractivity contribution < 1.29 is 4.79 Å². The Morgan fingerprint density at radius 1 is 1.24 bits per heavy atom. The van der Waals surface area contributed by atoms with Crippen molar-refractivity contribution in [2.24, 2.45) is 0 Å². The van der Waals surface area contributed by atoms with Gasteiger partial charge in [0.2, 0.25) is 11.3 Å². The normalized spacial score (nSPS) is 15.5. The molecule has 4 nitrogen and oxygen atoms in total. The summed E-state index contributed by atoms with van der Waals surface area (Å²) in [4.78, 5) is 27.9. The van der Waals surface area contributed by atoms with Crippen LogP contribution in [-0.4, -0.2) is 37.0 Å². The summed E-state index contributed by atoms with van der Waals surface area (Å²) in [5.41, 5.74) is 0.815. The van der Waals surface area contributed by atoms with Crippen molar-refractivity contribution in [1.29, 1.82) is 0 Å². The van der Waals surface area contributed by atoms with Gasteiger partial charge in [0.1, 0.15) is 0 Å². The molecule has 0 saturated carbocycles. The first-order chi connectivity index (χ1) is 10.1. The van der Waals surface area contributed by atoms with E-state index < -0.39 is 0 Å². The number of rotatable bonds is 1. The SMILES string of the molecule is CC(=O)N1CCN(c2csc3ccc(Br)cc3c2=O)CC1. The highest BCUT2D eigenvalue weighted by molar-refractivity contribution is 9.10. The molecular formula is C15H15BrN2O2S. The molecule has 1 aliphatic rings. The van der Waals surface area contributed by atoms with E-state index in [4.69, 9.17) is 0 Å². The van der Waals surface area contributed by atoms with Gasteiger partial charge < -0.3 is 9.80 Å². The van der Waals surface area contributed by atoms with Gasteiger partial charge in [-0.1, -0.05) is 15.9 Å². The number of anilines is 1. The minimum Gasteiger partial charge on any atom is -0.364 e. The van der Waals surface area contributed by atoms with Gasteiger partial charge in [0.05, 0.1) is 5.69 Å². The van der Waals surface area contributed by atoms with Gasteiger partial charge in [-0.2, -0.15) is 0 Å². The molecular weight excluding hydrogens is 352 g/mol. The van der Waals surface area contributed by atoms with E-state index in [1.807, 2.05) is 28.5 Å².